The first kappa shape index (κ1) is 22.4. The fourth-order valence-corrected chi connectivity index (χ4v) is 5.93. The molecule has 6 nitrogen and oxygen atoms in total. The molecule has 0 unspecified atom stereocenters. The normalized spacial score (nSPS) is 25.5. The number of amides is 3. The van der Waals surface area contributed by atoms with E-state index in [0.717, 1.165) is 29.3 Å². The van der Waals surface area contributed by atoms with Crippen LogP contribution in [0.5, 0.6) is 0 Å². The van der Waals surface area contributed by atoms with E-state index >= 15 is 0 Å². The molecule has 3 fully saturated rings. The molecule has 1 saturated heterocycles. The molecule has 2 bridgehead atoms. The molecule has 0 radical (unpaired) electrons. The largest absolute Gasteiger partial charge is 0.292 e. The number of carbonyl (C=O) groups excluding carboxylic acids is 4. The smallest absolute Gasteiger partial charge is 0.273 e. The number of hydrogen-bond acceptors (Lipinski definition) is 4. The molecule has 4 atom stereocenters. The number of halogens is 3. The zero-order chi connectivity index (χ0) is 23.4. The Morgan fingerprint density at radius 2 is 1.42 bits per heavy atom. The Morgan fingerprint density at radius 3 is 2.00 bits per heavy atom. The quantitative estimate of drug-likeness (QED) is 0.427. The molecule has 2 aromatic carbocycles. The van der Waals surface area contributed by atoms with E-state index in [1.54, 1.807) is 12.1 Å². The molecular formula is C24H19Cl3N2O4. The highest BCUT2D eigenvalue weighted by molar-refractivity contribution is 6.42. The van der Waals surface area contributed by atoms with Crippen LogP contribution in [-0.4, -0.2) is 40.1 Å². The first-order chi connectivity index (χ1) is 15.8. The van der Waals surface area contributed by atoms with E-state index in [1.807, 2.05) is 0 Å². The van der Waals surface area contributed by atoms with Gasteiger partial charge in [0.1, 0.15) is 6.54 Å². The maximum atomic E-state index is 13.5. The van der Waals surface area contributed by atoms with Crippen molar-refractivity contribution in [1.29, 1.82) is 0 Å². The van der Waals surface area contributed by atoms with Crippen LogP contribution in [0.3, 0.4) is 0 Å². The Kier molecular flexibility index (Phi) is 5.71. The Bertz CT molecular complexity index is 1150. The lowest BCUT2D eigenvalue weighted by Crippen LogP contribution is -2.52. The number of nitrogens with zero attached hydrogens (tertiary/aromatic N) is 2. The first-order valence-electron chi connectivity index (χ1n) is 10.7. The van der Waals surface area contributed by atoms with Gasteiger partial charge in [0.15, 0.2) is 5.78 Å². The fraction of sp³-hybridized carbons (Fsp3) is 0.333. The van der Waals surface area contributed by atoms with Crippen molar-refractivity contribution in [2.75, 3.05) is 6.54 Å². The summed E-state index contributed by atoms with van der Waals surface area (Å²) in [5.41, 5.74) is 0.430. The second-order valence-electron chi connectivity index (χ2n) is 8.79. The van der Waals surface area contributed by atoms with Gasteiger partial charge in [0, 0.05) is 16.1 Å². The minimum absolute atomic E-state index is 0.119. The van der Waals surface area contributed by atoms with Crippen LogP contribution in [0.1, 0.15) is 40.0 Å². The summed E-state index contributed by atoms with van der Waals surface area (Å²) in [7, 11) is 0. The third-order valence-corrected chi connectivity index (χ3v) is 8.00. The molecule has 2 aromatic rings. The third-order valence-electron chi connectivity index (χ3n) is 7.01. The van der Waals surface area contributed by atoms with Crippen molar-refractivity contribution in [2.45, 2.75) is 19.3 Å². The van der Waals surface area contributed by atoms with E-state index < -0.39 is 41.9 Å². The lowest BCUT2D eigenvalue weighted by molar-refractivity contribution is -0.154. The van der Waals surface area contributed by atoms with Crippen LogP contribution in [0, 0.1) is 23.7 Å². The molecule has 9 heteroatoms. The minimum Gasteiger partial charge on any atom is -0.292 e. The molecule has 0 N–H and O–H groups in total. The van der Waals surface area contributed by atoms with Crippen LogP contribution in [0.15, 0.2) is 42.5 Å². The van der Waals surface area contributed by atoms with Crippen LogP contribution in [0.4, 0.5) is 0 Å². The highest BCUT2D eigenvalue weighted by atomic mass is 35.5. The van der Waals surface area contributed by atoms with Gasteiger partial charge in [-0.05, 0) is 73.6 Å². The molecule has 2 saturated carbocycles. The maximum absolute atomic E-state index is 13.5. The molecular weight excluding hydrogens is 487 g/mol. The Labute approximate surface area is 205 Å². The van der Waals surface area contributed by atoms with Crippen molar-refractivity contribution in [3.05, 3.63) is 68.7 Å². The predicted molar refractivity (Wildman–Crippen MR) is 123 cm³/mol. The lowest BCUT2D eigenvalue weighted by atomic mass is 9.81. The number of benzene rings is 2. The summed E-state index contributed by atoms with van der Waals surface area (Å²) >= 11 is 18.0. The highest BCUT2D eigenvalue weighted by Gasteiger charge is 2.62. The van der Waals surface area contributed by atoms with Gasteiger partial charge in [0.2, 0.25) is 0 Å². The highest BCUT2D eigenvalue weighted by Crippen LogP contribution is 2.56. The van der Waals surface area contributed by atoms with Crippen molar-refractivity contribution in [3.8, 4) is 0 Å². The Hall–Kier alpha value is -2.41. The second-order valence-corrected chi connectivity index (χ2v) is 10.0. The van der Waals surface area contributed by atoms with Crippen molar-refractivity contribution in [3.63, 3.8) is 0 Å². The Balaban J connectivity index is 1.51. The number of fused-ring (bicyclic) bond motifs is 5. The molecule has 3 amide bonds. The fourth-order valence-electron chi connectivity index (χ4n) is 5.51. The monoisotopic (exact) mass is 504 g/mol. The standard InChI is InChI=1S/C24H19Cl3N2O4/c25-16-6-3-12(4-7-16)19(30)11-28(22(31)15-5-8-17(26)18(27)10-15)29-23(32)20-13-1-2-14(9-13)21(20)24(29)33/h3-8,10,13-14,20-21H,1-2,9,11H2/t13-,14-,20-,21-/m0/s1. The van der Waals surface area contributed by atoms with Gasteiger partial charge in [0.25, 0.3) is 17.7 Å². The summed E-state index contributed by atoms with van der Waals surface area (Å²) in [5, 5.41) is 2.73. The molecule has 33 heavy (non-hydrogen) atoms. The summed E-state index contributed by atoms with van der Waals surface area (Å²) in [5.74, 6) is -2.47. The van der Waals surface area contributed by atoms with Gasteiger partial charge in [-0.1, -0.05) is 34.8 Å². The van der Waals surface area contributed by atoms with E-state index in [1.165, 1.54) is 30.3 Å². The predicted octanol–water partition coefficient (Wildman–Crippen LogP) is 4.92. The van der Waals surface area contributed by atoms with Gasteiger partial charge < -0.3 is 0 Å². The summed E-state index contributed by atoms with van der Waals surface area (Å²) in [4.78, 5) is 53.3. The van der Waals surface area contributed by atoms with E-state index in [4.69, 9.17) is 34.8 Å². The van der Waals surface area contributed by atoms with Gasteiger partial charge in [0.05, 0.1) is 21.9 Å². The number of rotatable bonds is 5. The van der Waals surface area contributed by atoms with Crippen molar-refractivity contribution in [1.82, 2.24) is 10.0 Å². The first-order valence-corrected chi connectivity index (χ1v) is 11.8. The van der Waals surface area contributed by atoms with Gasteiger partial charge >= 0.3 is 0 Å². The van der Waals surface area contributed by atoms with Gasteiger partial charge in [-0.2, -0.15) is 5.01 Å². The average molecular weight is 506 g/mol. The summed E-state index contributed by atoms with van der Waals surface area (Å²) in [6.45, 7) is -0.479. The molecule has 2 aliphatic carbocycles. The number of hydrogen-bond donors (Lipinski definition) is 0. The molecule has 5 rings (SSSR count). The zero-order valence-corrected chi connectivity index (χ0v) is 19.6. The minimum atomic E-state index is -0.676. The molecule has 0 aromatic heterocycles. The maximum Gasteiger partial charge on any atom is 0.273 e. The lowest BCUT2D eigenvalue weighted by Gasteiger charge is -2.31. The SMILES string of the molecule is O=C(CN(C(=O)c1ccc(Cl)c(Cl)c1)N1C(=O)[C@H]2[C@H]3CC[C@@H](C3)[C@@H]2C1=O)c1ccc(Cl)cc1. The number of hydrazine groups is 1. The van der Waals surface area contributed by atoms with Gasteiger partial charge in [-0.25, -0.2) is 5.01 Å². The van der Waals surface area contributed by atoms with Crippen LogP contribution < -0.4 is 0 Å². The van der Waals surface area contributed by atoms with Crippen LogP contribution in [0.25, 0.3) is 0 Å². The average Bonchev–Trinajstić information content (AvgIpc) is 3.48. The summed E-state index contributed by atoms with van der Waals surface area (Å²) < 4.78 is 0. The Morgan fingerprint density at radius 1 is 0.848 bits per heavy atom. The van der Waals surface area contributed by atoms with E-state index in [-0.39, 0.29) is 27.4 Å². The molecule has 1 aliphatic heterocycles. The molecule has 170 valence electrons. The topological polar surface area (TPSA) is 74.8 Å². The molecule has 0 spiro atoms. The van der Waals surface area contributed by atoms with Crippen molar-refractivity contribution in [2.24, 2.45) is 23.7 Å². The number of carbonyl (C=O) groups is 4. The summed E-state index contributed by atoms with van der Waals surface area (Å²) in [6, 6.07) is 10.5. The number of Topliss-reactive ketones (excluding diaryl/α,β-unsaturated/α-hetero) is 1. The number of ketones is 1. The van der Waals surface area contributed by atoms with Gasteiger partial charge in [-0.3, -0.25) is 19.2 Å². The third kappa shape index (κ3) is 3.74. The van der Waals surface area contributed by atoms with Crippen LogP contribution in [0.2, 0.25) is 15.1 Å². The van der Waals surface area contributed by atoms with E-state index in [0.29, 0.717) is 10.6 Å². The second kappa shape index (κ2) is 8.42. The van der Waals surface area contributed by atoms with E-state index in [9.17, 15) is 19.2 Å². The van der Waals surface area contributed by atoms with Gasteiger partial charge in [-0.15, -0.1) is 0 Å². The molecule has 1 heterocycles. The number of imide groups is 1. The van der Waals surface area contributed by atoms with Crippen LogP contribution in [-0.2, 0) is 9.59 Å². The zero-order valence-electron chi connectivity index (χ0n) is 17.3. The molecule has 3 aliphatic rings. The van der Waals surface area contributed by atoms with E-state index in [2.05, 4.69) is 0 Å². The summed E-state index contributed by atoms with van der Waals surface area (Å²) in [6.07, 6.45) is 2.68. The van der Waals surface area contributed by atoms with Crippen molar-refractivity contribution >= 4 is 58.3 Å². The van der Waals surface area contributed by atoms with Crippen molar-refractivity contribution < 1.29 is 19.2 Å². The van der Waals surface area contributed by atoms with Crippen LogP contribution >= 0.6 is 34.8 Å².